The number of anilines is 1. The van der Waals surface area contributed by atoms with Crippen LogP contribution in [0.4, 0.5) is 10.5 Å². The molecule has 1 aliphatic carbocycles. The summed E-state index contributed by atoms with van der Waals surface area (Å²) in [7, 11) is -1.73. The topological polar surface area (TPSA) is 49.9 Å². The summed E-state index contributed by atoms with van der Waals surface area (Å²) in [4.78, 5) is 27.5. The molecule has 2 aromatic rings. The number of rotatable bonds is 8. The highest BCUT2D eigenvalue weighted by Crippen LogP contribution is 2.39. The Morgan fingerprint density at radius 3 is 2.23 bits per heavy atom. The standard InChI is InChI=1S/C28H38N2O3SSi/c1-4-35(5-2,6-3)33-23-18-16-22(17-19-23)25-20-29(27(25)31)28(32)30(34)26-15-11-10-14-24(26)21-12-8-7-9-13-21/h10-11,14-19,21,25,34H,4-9,12-13,20H2,1-3H3. The van der Waals surface area contributed by atoms with Crippen LogP contribution in [0.1, 0.15) is 75.8 Å². The molecule has 1 unspecified atom stereocenters. The molecule has 35 heavy (non-hydrogen) atoms. The number of likely N-dealkylation sites (tertiary alicyclic amines) is 1. The van der Waals surface area contributed by atoms with Crippen LogP contribution in [0.3, 0.4) is 0 Å². The zero-order valence-electron chi connectivity index (χ0n) is 21.2. The number of β-lactam (4-membered cyclic amide) rings is 1. The van der Waals surface area contributed by atoms with Gasteiger partial charge in [-0.3, -0.25) is 9.69 Å². The van der Waals surface area contributed by atoms with E-state index in [0.717, 1.165) is 53.5 Å². The number of nitrogens with zero attached hydrogens (tertiary/aromatic N) is 2. The van der Waals surface area contributed by atoms with Gasteiger partial charge in [0.15, 0.2) is 0 Å². The molecular weight excluding hydrogens is 472 g/mol. The van der Waals surface area contributed by atoms with Gasteiger partial charge < -0.3 is 4.43 Å². The van der Waals surface area contributed by atoms with E-state index in [0.29, 0.717) is 12.5 Å². The van der Waals surface area contributed by atoms with Crippen molar-refractivity contribution in [3.63, 3.8) is 0 Å². The number of hydrogen-bond donors (Lipinski definition) is 1. The molecular formula is C28H38N2O3SSi. The number of amides is 3. The Balaban J connectivity index is 1.41. The van der Waals surface area contributed by atoms with Gasteiger partial charge in [-0.1, -0.05) is 83.2 Å². The lowest BCUT2D eigenvalue weighted by Crippen LogP contribution is -2.56. The molecule has 0 radical (unpaired) electrons. The molecule has 188 valence electrons. The van der Waals surface area contributed by atoms with Gasteiger partial charge in [0, 0.05) is 6.54 Å². The van der Waals surface area contributed by atoms with E-state index < -0.39 is 8.32 Å². The van der Waals surface area contributed by atoms with E-state index in [1.165, 1.54) is 28.5 Å². The summed E-state index contributed by atoms with van der Waals surface area (Å²) in [5.74, 6) is 0.857. The first kappa shape index (κ1) is 25.8. The monoisotopic (exact) mass is 510 g/mol. The summed E-state index contributed by atoms with van der Waals surface area (Å²) >= 11 is 4.55. The summed E-state index contributed by atoms with van der Waals surface area (Å²) in [6.45, 7) is 7.01. The Bertz CT molecular complexity index is 1030. The van der Waals surface area contributed by atoms with E-state index in [9.17, 15) is 9.59 Å². The molecule has 0 aromatic heterocycles. The lowest BCUT2D eigenvalue weighted by Gasteiger charge is -2.39. The van der Waals surface area contributed by atoms with Gasteiger partial charge in [0.25, 0.3) is 0 Å². The van der Waals surface area contributed by atoms with Crippen molar-refractivity contribution in [2.75, 3.05) is 10.8 Å². The van der Waals surface area contributed by atoms with Gasteiger partial charge in [-0.25, -0.2) is 9.10 Å². The van der Waals surface area contributed by atoms with Crippen LogP contribution in [0.15, 0.2) is 48.5 Å². The Hall–Kier alpha value is -2.25. The minimum absolute atomic E-state index is 0.169. The maximum atomic E-state index is 13.2. The summed E-state index contributed by atoms with van der Waals surface area (Å²) in [6.07, 6.45) is 5.98. The highest BCUT2D eigenvalue weighted by molar-refractivity contribution is 7.82. The van der Waals surface area contributed by atoms with E-state index in [1.807, 2.05) is 42.5 Å². The molecule has 1 saturated heterocycles. The summed E-state index contributed by atoms with van der Waals surface area (Å²) in [6, 6.07) is 18.7. The van der Waals surface area contributed by atoms with Gasteiger partial charge in [0.05, 0.1) is 11.6 Å². The Kier molecular flexibility index (Phi) is 8.27. The molecule has 5 nitrogen and oxygen atoms in total. The average molecular weight is 511 g/mol. The minimum Gasteiger partial charge on any atom is -0.544 e. The molecule has 1 heterocycles. The first-order valence-electron chi connectivity index (χ1n) is 13.1. The van der Waals surface area contributed by atoms with Gasteiger partial charge >= 0.3 is 6.03 Å². The lowest BCUT2D eigenvalue weighted by molar-refractivity contribution is -0.138. The van der Waals surface area contributed by atoms with Gasteiger partial charge in [-0.2, -0.15) is 0 Å². The SMILES string of the molecule is CC[Si](CC)(CC)Oc1ccc(C2CN(C(=O)N(S)c3ccccc3C3CCCCC3)C2=O)cc1. The maximum Gasteiger partial charge on any atom is 0.341 e. The number of carbonyl (C=O) groups is 2. The zero-order valence-corrected chi connectivity index (χ0v) is 23.1. The summed E-state index contributed by atoms with van der Waals surface area (Å²) in [5.41, 5.74) is 2.87. The van der Waals surface area contributed by atoms with E-state index in [4.69, 9.17) is 4.43 Å². The molecule has 3 amide bonds. The van der Waals surface area contributed by atoms with E-state index >= 15 is 0 Å². The van der Waals surface area contributed by atoms with E-state index in [1.54, 1.807) is 0 Å². The van der Waals surface area contributed by atoms with Gasteiger partial charge in [0.1, 0.15) is 5.75 Å². The smallest absolute Gasteiger partial charge is 0.341 e. The van der Waals surface area contributed by atoms with Crippen LogP contribution < -0.4 is 8.73 Å². The summed E-state index contributed by atoms with van der Waals surface area (Å²) in [5, 5.41) is 0. The predicted molar refractivity (Wildman–Crippen MR) is 148 cm³/mol. The average Bonchev–Trinajstić information content (AvgIpc) is 2.92. The number of imide groups is 1. The molecule has 2 aliphatic rings. The maximum absolute atomic E-state index is 13.2. The largest absolute Gasteiger partial charge is 0.544 e. The van der Waals surface area contributed by atoms with Crippen LogP contribution in [-0.2, 0) is 4.79 Å². The lowest BCUT2D eigenvalue weighted by atomic mass is 9.83. The predicted octanol–water partition coefficient (Wildman–Crippen LogP) is 7.52. The highest BCUT2D eigenvalue weighted by atomic mass is 32.1. The zero-order chi connectivity index (χ0) is 25.0. The van der Waals surface area contributed by atoms with Gasteiger partial charge in [0.2, 0.25) is 14.2 Å². The second-order valence-electron chi connectivity index (χ2n) is 9.90. The van der Waals surface area contributed by atoms with Crippen LogP contribution in [0.5, 0.6) is 5.75 Å². The van der Waals surface area contributed by atoms with Crippen molar-refractivity contribution in [1.82, 2.24) is 4.90 Å². The molecule has 2 fully saturated rings. The fraction of sp³-hybridized carbons (Fsp3) is 0.500. The molecule has 0 spiro atoms. The molecule has 7 heteroatoms. The van der Waals surface area contributed by atoms with Crippen LogP contribution in [-0.4, -0.2) is 31.7 Å². The fourth-order valence-corrected chi connectivity index (χ4v) is 8.35. The van der Waals surface area contributed by atoms with Crippen molar-refractivity contribution < 1.29 is 14.0 Å². The van der Waals surface area contributed by atoms with Crippen molar-refractivity contribution in [3.05, 3.63) is 59.7 Å². The Morgan fingerprint density at radius 1 is 1.00 bits per heavy atom. The van der Waals surface area contributed by atoms with Crippen molar-refractivity contribution >= 4 is 38.8 Å². The van der Waals surface area contributed by atoms with Gasteiger partial charge in [-0.05, 0) is 66.2 Å². The second kappa shape index (κ2) is 11.2. The Labute approximate surface area is 216 Å². The molecule has 1 atom stereocenters. The molecule has 4 rings (SSSR count). The number of hydrogen-bond acceptors (Lipinski definition) is 4. The number of para-hydroxylation sites is 1. The van der Waals surface area contributed by atoms with Crippen LogP contribution >= 0.6 is 12.8 Å². The van der Waals surface area contributed by atoms with E-state index in [-0.39, 0.29) is 17.9 Å². The number of thiol groups is 1. The van der Waals surface area contributed by atoms with Crippen molar-refractivity contribution in [2.45, 2.75) is 82.8 Å². The quantitative estimate of drug-likeness (QED) is 0.227. The van der Waals surface area contributed by atoms with Crippen LogP contribution in [0.25, 0.3) is 0 Å². The van der Waals surface area contributed by atoms with Crippen LogP contribution in [0, 0.1) is 0 Å². The fourth-order valence-electron chi connectivity index (χ4n) is 5.49. The van der Waals surface area contributed by atoms with Crippen molar-refractivity contribution in [3.8, 4) is 5.75 Å². The second-order valence-corrected chi connectivity index (χ2v) is 15.0. The third-order valence-electron chi connectivity index (χ3n) is 8.10. The number of carbonyl (C=O) groups excluding carboxylic acids is 2. The minimum atomic E-state index is -1.73. The Morgan fingerprint density at radius 2 is 1.63 bits per heavy atom. The number of benzene rings is 2. The van der Waals surface area contributed by atoms with Crippen LogP contribution in [0.2, 0.25) is 18.1 Å². The number of urea groups is 1. The van der Waals surface area contributed by atoms with Crippen molar-refractivity contribution in [2.24, 2.45) is 0 Å². The normalized spacial score (nSPS) is 18.8. The first-order chi connectivity index (χ1) is 16.9. The molecule has 1 aliphatic heterocycles. The molecule has 2 aromatic carbocycles. The third kappa shape index (κ3) is 5.31. The van der Waals surface area contributed by atoms with E-state index in [2.05, 4.69) is 39.7 Å². The first-order valence-corrected chi connectivity index (χ1v) is 16.1. The molecule has 0 N–H and O–H groups in total. The molecule has 0 bridgehead atoms. The molecule has 1 saturated carbocycles. The summed E-state index contributed by atoms with van der Waals surface area (Å²) < 4.78 is 7.80. The third-order valence-corrected chi connectivity index (χ3v) is 13.0. The van der Waals surface area contributed by atoms with Gasteiger partial charge in [-0.15, -0.1) is 0 Å². The highest BCUT2D eigenvalue weighted by Gasteiger charge is 2.43. The van der Waals surface area contributed by atoms with Crippen molar-refractivity contribution in [1.29, 1.82) is 0 Å².